The predicted molar refractivity (Wildman–Crippen MR) is 88.4 cm³/mol. The maximum absolute atomic E-state index is 11.1. The van der Waals surface area contributed by atoms with E-state index in [2.05, 4.69) is 26.2 Å². The minimum Gasteiger partial charge on any atom is -0.480 e. The summed E-state index contributed by atoms with van der Waals surface area (Å²) in [5, 5.41) is 13.2. The van der Waals surface area contributed by atoms with E-state index in [9.17, 15) is 4.79 Å². The number of carboxylic acids is 1. The Kier molecular flexibility index (Phi) is 5.50. The Morgan fingerprint density at radius 2 is 2.05 bits per heavy atom. The third kappa shape index (κ3) is 4.36. The number of hydrogen-bond donors (Lipinski definition) is 2. The molecule has 1 atom stereocenters. The largest absolute Gasteiger partial charge is 0.480 e. The molecule has 21 heavy (non-hydrogen) atoms. The van der Waals surface area contributed by atoms with Crippen LogP contribution in [0.2, 0.25) is 0 Å². The highest BCUT2D eigenvalue weighted by molar-refractivity contribution is 9.10. The molecular formula is C15H17BrN2O2S. The van der Waals surface area contributed by atoms with Crippen molar-refractivity contribution in [3.63, 3.8) is 0 Å². The zero-order chi connectivity index (χ0) is 15.4. The highest BCUT2D eigenvalue weighted by Gasteiger charge is 2.20. The van der Waals surface area contributed by atoms with E-state index < -0.39 is 12.0 Å². The van der Waals surface area contributed by atoms with E-state index in [0.717, 1.165) is 19.9 Å². The molecule has 0 aliphatic heterocycles. The monoisotopic (exact) mass is 368 g/mol. The van der Waals surface area contributed by atoms with E-state index in [0.29, 0.717) is 6.54 Å². The predicted octanol–water partition coefficient (Wildman–Crippen LogP) is 3.77. The van der Waals surface area contributed by atoms with Crippen molar-refractivity contribution in [3.8, 4) is 10.6 Å². The third-order valence-corrected chi connectivity index (χ3v) is 4.65. The van der Waals surface area contributed by atoms with Crippen LogP contribution in [-0.2, 0) is 11.3 Å². The Hall–Kier alpha value is -1.24. The topological polar surface area (TPSA) is 62.2 Å². The van der Waals surface area contributed by atoms with Gasteiger partial charge in [-0.2, -0.15) is 0 Å². The van der Waals surface area contributed by atoms with Gasteiger partial charge in [0, 0.05) is 27.7 Å². The van der Waals surface area contributed by atoms with Gasteiger partial charge in [-0.15, -0.1) is 11.3 Å². The van der Waals surface area contributed by atoms with Gasteiger partial charge < -0.3 is 5.11 Å². The molecule has 0 saturated carbocycles. The molecule has 2 aromatic rings. The molecule has 1 aromatic carbocycles. The lowest BCUT2D eigenvalue weighted by Gasteiger charge is -2.16. The fourth-order valence-corrected chi connectivity index (χ4v) is 3.07. The van der Waals surface area contributed by atoms with Crippen LogP contribution in [0.3, 0.4) is 0 Å². The van der Waals surface area contributed by atoms with Crippen LogP contribution < -0.4 is 5.32 Å². The van der Waals surface area contributed by atoms with Gasteiger partial charge in [0.05, 0.1) is 0 Å². The quantitative estimate of drug-likeness (QED) is 0.814. The van der Waals surface area contributed by atoms with Crippen LogP contribution in [0, 0.1) is 5.92 Å². The normalized spacial score (nSPS) is 12.6. The van der Waals surface area contributed by atoms with Crippen molar-refractivity contribution >= 4 is 33.2 Å². The fourth-order valence-electron chi connectivity index (χ4n) is 1.93. The van der Waals surface area contributed by atoms with Crippen LogP contribution >= 0.6 is 27.3 Å². The zero-order valence-corrected chi connectivity index (χ0v) is 14.2. The van der Waals surface area contributed by atoms with Gasteiger partial charge in [0.1, 0.15) is 11.0 Å². The molecule has 0 bridgehead atoms. The second-order valence-electron chi connectivity index (χ2n) is 5.08. The number of hydrogen-bond acceptors (Lipinski definition) is 4. The molecule has 0 unspecified atom stereocenters. The number of benzene rings is 1. The van der Waals surface area contributed by atoms with Crippen LogP contribution in [0.15, 0.2) is 34.9 Å². The summed E-state index contributed by atoms with van der Waals surface area (Å²) in [6, 6.07) is 7.44. The second-order valence-corrected chi connectivity index (χ2v) is 7.11. The molecule has 2 rings (SSSR count). The molecule has 1 aromatic heterocycles. The minimum absolute atomic E-state index is 0.0429. The smallest absolute Gasteiger partial charge is 0.320 e. The van der Waals surface area contributed by atoms with Crippen molar-refractivity contribution in [1.82, 2.24) is 10.3 Å². The molecule has 0 aliphatic carbocycles. The molecule has 6 heteroatoms. The van der Waals surface area contributed by atoms with E-state index in [4.69, 9.17) is 5.11 Å². The van der Waals surface area contributed by atoms with Gasteiger partial charge in [-0.1, -0.05) is 41.9 Å². The van der Waals surface area contributed by atoms with E-state index in [1.807, 2.05) is 38.1 Å². The lowest BCUT2D eigenvalue weighted by atomic mass is 10.1. The molecule has 0 fully saturated rings. The maximum Gasteiger partial charge on any atom is 0.320 e. The second kappa shape index (κ2) is 7.15. The molecular weight excluding hydrogens is 352 g/mol. The molecule has 0 radical (unpaired) electrons. The first-order valence-electron chi connectivity index (χ1n) is 6.64. The fraction of sp³-hybridized carbons (Fsp3) is 0.333. The molecule has 0 aliphatic rings. The van der Waals surface area contributed by atoms with Gasteiger partial charge in [-0.25, -0.2) is 4.98 Å². The van der Waals surface area contributed by atoms with Crippen molar-refractivity contribution in [1.29, 1.82) is 0 Å². The van der Waals surface area contributed by atoms with Crippen molar-refractivity contribution < 1.29 is 9.90 Å². The van der Waals surface area contributed by atoms with Gasteiger partial charge >= 0.3 is 5.97 Å². The van der Waals surface area contributed by atoms with Gasteiger partial charge in [0.15, 0.2) is 0 Å². The Bertz CT molecular complexity index is 610. The Labute approximate surface area is 136 Å². The molecule has 4 nitrogen and oxygen atoms in total. The van der Waals surface area contributed by atoms with Crippen LogP contribution in [0.1, 0.15) is 18.7 Å². The number of halogens is 1. The summed E-state index contributed by atoms with van der Waals surface area (Å²) in [7, 11) is 0. The average Bonchev–Trinajstić information content (AvgIpc) is 2.87. The lowest BCUT2D eigenvalue weighted by molar-refractivity contribution is -0.140. The number of nitrogens with zero attached hydrogens (tertiary/aromatic N) is 1. The van der Waals surface area contributed by atoms with Crippen molar-refractivity contribution in [3.05, 3.63) is 39.8 Å². The first kappa shape index (κ1) is 16.1. The van der Waals surface area contributed by atoms with E-state index >= 15 is 0 Å². The molecule has 2 N–H and O–H groups in total. The number of carboxylic acid groups (broad SMARTS) is 1. The summed E-state index contributed by atoms with van der Waals surface area (Å²) in [5.74, 6) is -0.774. The number of rotatable bonds is 6. The van der Waals surface area contributed by atoms with E-state index in [-0.39, 0.29) is 5.92 Å². The summed E-state index contributed by atoms with van der Waals surface area (Å²) < 4.78 is 1.03. The summed E-state index contributed by atoms with van der Waals surface area (Å²) in [6.45, 7) is 4.31. The molecule has 0 saturated heterocycles. The van der Waals surface area contributed by atoms with E-state index in [1.165, 1.54) is 0 Å². The van der Waals surface area contributed by atoms with Crippen molar-refractivity contribution in [2.24, 2.45) is 5.92 Å². The number of aliphatic carboxylic acids is 1. The number of thiazole rings is 1. The van der Waals surface area contributed by atoms with Gasteiger partial charge in [0.2, 0.25) is 0 Å². The van der Waals surface area contributed by atoms with Gasteiger partial charge in [0.25, 0.3) is 0 Å². The van der Waals surface area contributed by atoms with Crippen molar-refractivity contribution in [2.75, 3.05) is 0 Å². The lowest BCUT2D eigenvalue weighted by Crippen LogP contribution is -2.40. The van der Waals surface area contributed by atoms with Crippen LogP contribution in [0.4, 0.5) is 0 Å². The van der Waals surface area contributed by atoms with E-state index in [1.54, 1.807) is 17.5 Å². The van der Waals surface area contributed by atoms with Crippen LogP contribution in [0.5, 0.6) is 0 Å². The highest BCUT2D eigenvalue weighted by atomic mass is 79.9. The standard InChI is InChI=1S/C15H17BrN2O2S/c1-9(2)13(15(19)20)17-7-12-8-18-14(21-12)10-3-5-11(16)6-4-10/h3-6,8-9,13,17H,7H2,1-2H3,(H,19,20)/t13-/m0/s1. The maximum atomic E-state index is 11.1. The molecule has 0 amide bonds. The summed E-state index contributed by atoms with van der Waals surface area (Å²) >= 11 is 4.98. The SMILES string of the molecule is CC(C)[C@H](NCc1cnc(-c2ccc(Br)cc2)s1)C(=O)O. The molecule has 0 spiro atoms. The Morgan fingerprint density at radius 3 is 2.62 bits per heavy atom. The summed E-state index contributed by atoms with van der Waals surface area (Å²) in [5.41, 5.74) is 1.06. The first-order valence-corrected chi connectivity index (χ1v) is 8.25. The number of aromatic nitrogens is 1. The van der Waals surface area contributed by atoms with Crippen LogP contribution in [0.25, 0.3) is 10.6 Å². The van der Waals surface area contributed by atoms with Crippen LogP contribution in [-0.4, -0.2) is 22.1 Å². The average molecular weight is 369 g/mol. The number of carbonyl (C=O) groups is 1. The minimum atomic E-state index is -0.817. The Balaban J connectivity index is 2.03. The van der Waals surface area contributed by atoms with Gasteiger partial charge in [-0.05, 0) is 18.1 Å². The Morgan fingerprint density at radius 1 is 1.38 bits per heavy atom. The highest BCUT2D eigenvalue weighted by Crippen LogP contribution is 2.26. The van der Waals surface area contributed by atoms with Gasteiger partial charge in [-0.3, -0.25) is 10.1 Å². The third-order valence-electron chi connectivity index (χ3n) is 3.07. The van der Waals surface area contributed by atoms with Crippen molar-refractivity contribution in [2.45, 2.75) is 26.4 Å². The summed E-state index contributed by atoms with van der Waals surface area (Å²) in [4.78, 5) is 16.6. The number of nitrogens with one attached hydrogen (secondary N) is 1. The first-order chi connectivity index (χ1) is 9.97. The molecule has 1 heterocycles. The molecule has 112 valence electrons. The zero-order valence-electron chi connectivity index (χ0n) is 11.8. The summed E-state index contributed by atoms with van der Waals surface area (Å²) in [6.07, 6.45) is 1.80.